The van der Waals surface area contributed by atoms with Gasteiger partial charge in [-0.15, -0.1) is 0 Å². The van der Waals surface area contributed by atoms with Crippen molar-refractivity contribution in [3.8, 4) is 5.75 Å². The van der Waals surface area contributed by atoms with Gasteiger partial charge in [0.2, 0.25) is 0 Å². The highest BCUT2D eigenvalue weighted by Gasteiger charge is 2.33. The predicted octanol–water partition coefficient (Wildman–Crippen LogP) is 5.16. The molecule has 0 aliphatic heterocycles. The molecule has 130 valence electrons. The minimum atomic E-state index is -0.476. The van der Waals surface area contributed by atoms with Crippen LogP contribution in [-0.4, -0.2) is 10.2 Å². The van der Waals surface area contributed by atoms with Gasteiger partial charge >= 0.3 is 0 Å². The van der Waals surface area contributed by atoms with Crippen molar-refractivity contribution in [1.82, 2.24) is 0 Å². The minimum Gasteiger partial charge on any atom is -0.508 e. The summed E-state index contributed by atoms with van der Waals surface area (Å²) in [5.74, 6) is 0.387. The van der Waals surface area contributed by atoms with Gasteiger partial charge in [0, 0.05) is 10.7 Å². The van der Waals surface area contributed by atoms with Crippen LogP contribution < -0.4 is 5.30 Å². The summed E-state index contributed by atoms with van der Waals surface area (Å²) < 4.78 is 0. The highest BCUT2D eigenvalue weighted by atomic mass is 31.1. The number of hydrogen-bond donors (Lipinski definition) is 2. The van der Waals surface area contributed by atoms with Gasteiger partial charge in [-0.25, -0.2) is 0 Å². The summed E-state index contributed by atoms with van der Waals surface area (Å²) in [4.78, 5) is 0. The molecular weight excluding hydrogens is 315 g/mol. The summed E-state index contributed by atoms with van der Waals surface area (Å²) in [5.41, 5.74) is 3.22. The maximum atomic E-state index is 10.5. The number of phenols is 1. The van der Waals surface area contributed by atoms with E-state index in [0.29, 0.717) is 14.3 Å². The minimum absolute atomic E-state index is 0.0875. The maximum Gasteiger partial charge on any atom is 0.119 e. The van der Waals surface area contributed by atoms with Crippen LogP contribution >= 0.6 is 8.58 Å². The molecule has 2 N–H and O–H groups in total. The monoisotopic (exact) mass is 344 g/mol. The molecule has 0 amide bonds. The van der Waals surface area contributed by atoms with Crippen molar-refractivity contribution >= 4 is 13.9 Å². The van der Waals surface area contributed by atoms with Gasteiger partial charge in [-0.3, -0.25) is 0 Å². The Morgan fingerprint density at radius 1 is 1.12 bits per heavy atom. The van der Waals surface area contributed by atoms with Gasteiger partial charge in [0.15, 0.2) is 0 Å². The van der Waals surface area contributed by atoms with E-state index in [9.17, 15) is 10.2 Å². The van der Waals surface area contributed by atoms with Crippen molar-refractivity contribution in [2.45, 2.75) is 58.2 Å². The molecule has 3 atom stereocenters. The molecule has 0 aromatic heterocycles. The molecule has 2 aromatic carbocycles. The predicted molar refractivity (Wildman–Crippen MR) is 105 cm³/mol. The molecule has 2 rings (SSSR count). The van der Waals surface area contributed by atoms with Crippen molar-refractivity contribution in [1.29, 1.82) is 0 Å². The van der Waals surface area contributed by atoms with E-state index in [1.54, 1.807) is 0 Å². The lowest BCUT2D eigenvalue weighted by Crippen LogP contribution is -2.24. The zero-order chi connectivity index (χ0) is 17.7. The Bertz CT molecular complexity index is 681. The van der Waals surface area contributed by atoms with Crippen LogP contribution in [0.3, 0.4) is 0 Å². The number of rotatable bonds is 7. The Morgan fingerprint density at radius 3 is 2.46 bits per heavy atom. The molecule has 0 radical (unpaired) electrons. The first kappa shape index (κ1) is 19.0. The van der Waals surface area contributed by atoms with Gasteiger partial charge in [0.25, 0.3) is 0 Å². The Morgan fingerprint density at radius 2 is 1.83 bits per heavy atom. The van der Waals surface area contributed by atoms with Crippen LogP contribution in [0.5, 0.6) is 5.75 Å². The number of aliphatic hydroxyl groups excluding tert-OH is 1. The first-order valence-electron chi connectivity index (χ1n) is 8.78. The molecule has 2 aromatic rings. The zero-order valence-corrected chi connectivity index (χ0v) is 16.1. The van der Waals surface area contributed by atoms with E-state index in [4.69, 9.17) is 0 Å². The fraction of sp³-hybridized carbons (Fsp3) is 0.429. The van der Waals surface area contributed by atoms with Crippen molar-refractivity contribution in [2.75, 3.05) is 0 Å². The highest BCUT2D eigenvalue weighted by molar-refractivity contribution is 7.48. The van der Waals surface area contributed by atoms with E-state index < -0.39 is 6.10 Å². The number of benzene rings is 2. The smallest absolute Gasteiger partial charge is 0.119 e. The molecule has 0 saturated carbocycles. The van der Waals surface area contributed by atoms with Crippen LogP contribution in [0.25, 0.3) is 0 Å². The average molecular weight is 344 g/mol. The topological polar surface area (TPSA) is 40.5 Å². The molecule has 0 aliphatic carbocycles. The van der Waals surface area contributed by atoms with Crippen LogP contribution in [0, 0.1) is 6.92 Å². The number of aromatic hydroxyl groups is 1. The Kier molecular flexibility index (Phi) is 6.43. The third-order valence-corrected chi connectivity index (χ3v) is 6.81. The van der Waals surface area contributed by atoms with Gasteiger partial charge in [0.05, 0.1) is 6.10 Å². The quantitative estimate of drug-likeness (QED) is 0.681. The van der Waals surface area contributed by atoms with Crippen molar-refractivity contribution in [3.63, 3.8) is 0 Å². The third kappa shape index (κ3) is 3.99. The number of hydrogen-bond acceptors (Lipinski definition) is 2. The van der Waals surface area contributed by atoms with Gasteiger partial charge in [-0.1, -0.05) is 70.8 Å². The molecule has 0 bridgehead atoms. The van der Waals surface area contributed by atoms with Gasteiger partial charge in [0.1, 0.15) is 5.75 Å². The normalized spacial score (nSPS) is 15.5. The fourth-order valence-electron chi connectivity index (χ4n) is 3.41. The van der Waals surface area contributed by atoms with Crippen molar-refractivity contribution in [3.05, 3.63) is 59.2 Å². The summed E-state index contributed by atoms with van der Waals surface area (Å²) in [6.07, 6.45) is 2.57. The third-order valence-electron chi connectivity index (χ3n) is 4.73. The molecule has 2 nitrogen and oxygen atoms in total. The Hall–Kier alpha value is -1.37. The standard InChI is InChI=1S/C21H29O2P/c1-5-13-21(6-2,18-14-15(3)11-12-19(18)23)24-20-10-8-7-9-17(20)16(4)22/h7-12,14,16,22-24H,5-6,13H2,1-4H3. The molecule has 0 spiro atoms. The molecule has 0 fully saturated rings. The fourth-order valence-corrected chi connectivity index (χ4v) is 5.43. The largest absolute Gasteiger partial charge is 0.508 e. The lowest BCUT2D eigenvalue weighted by molar-refractivity contribution is 0.200. The molecule has 0 saturated heterocycles. The number of aryl methyl sites for hydroxylation is 1. The summed E-state index contributed by atoms with van der Waals surface area (Å²) in [7, 11) is 0.515. The molecule has 0 heterocycles. The average Bonchev–Trinajstić information content (AvgIpc) is 2.57. The highest BCUT2D eigenvalue weighted by Crippen LogP contribution is 2.51. The van der Waals surface area contributed by atoms with Crippen LogP contribution in [-0.2, 0) is 5.16 Å². The van der Waals surface area contributed by atoms with E-state index in [-0.39, 0.29) is 5.16 Å². The molecule has 0 aliphatic rings. The molecule has 3 unspecified atom stereocenters. The van der Waals surface area contributed by atoms with E-state index in [1.807, 2.05) is 37.3 Å². The van der Waals surface area contributed by atoms with Gasteiger partial charge in [-0.05, 0) is 43.6 Å². The summed E-state index contributed by atoms with van der Waals surface area (Å²) in [6, 6.07) is 14.0. The molecule has 3 heteroatoms. The van der Waals surface area contributed by atoms with Crippen molar-refractivity contribution < 1.29 is 10.2 Å². The lowest BCUT2D eigenvalue weighted by Gasteiger charge is -2.35. The maximum absolute atomic E-state index is 10.5. The SMILES string of the molecule is CCCC(CC)(Pc1ccccc1C(C)O)c1cc(C)ccc1O. The van der Waals surface area contributed by atoms with Gasteiger partial charge in [-0.2, -0.15) is 0 Å². The summed E-state index contributed by atoms with van der Waals surface area (Å²) >= 11 is 0. The van der Waals surface area contributed by atoms with Crippen LogP contribution in [0.2, 0.25) is 0 Å². The van der Waals surface area contributed by atoms with Crippen LogP contribution in [0.15, 0.2) is 42.5 Å². The number of phenolic OH excluding ortho intramolecular Hbond substituents is 1. The Balaban J connectivity index is 2.55. The second-order valence-electron chi connectivity index (χ2n) is 6.59. The van der Waals surface area contributed by atoms with E-state index in [0.717, 1.165) is 30.4 Å². The second-order valence-corrected chi connectivity index (χ2v) is 8.34. The summed E-state index contributed by atoms with van der Waals surface area (Å²) in [5, 5.41) is 21.8. The van der Waals surface area contributed by atoms with Crippen molar-refractivity contribution in [2.24, 2.45) is 0 Å². The van der Waals surface area contributed by atoms with E-state index in [1.165, 1.54) is 10.9 Å². The first-order chi connectivity index (χ1) is 11.4. The van der Waals surface area contributed by atoms with E-state index >= 15 is 0 Å². The van der Waals surface area contributed by atoms with Gasteiger partial charge < -0.3 is 10.2 Å². The van der Waals surface area contributed by atoms with Crippen LogP contribution in [0.4, 0.5) is 0 Å². The zero-order valence-electron chi connectivity index (χ0n) is 15.1. The Labute approximate surface area is 147 Å². The number of aliphatic hydroxyl groups is 1. The summed E-state index contributed by atoms with van der Waals surface area (Å²) in [6.45, 7) is 8.29. The first-order valence-corrected chi connectivity index (χ1v) is 9.78. The lowest BCUT2D eigenvalue weighted by atomic mass is 9.89. The second kappa shape index (κ2) is 8.14. The molecular formula is C21H29O2P. The van der Waals surface area contributed by atoms with E-state index in [2.05, 4.69) is 32.9 Å². The molecule has 24 heavy (non-hydrogen) atoms. The van der Waals surface area contributed by atoms with Crippen LogP contribution in [0.1, 0.15) is 62.8 Å².